The lowest BCUT2D eigenvalue weighted by Gasteiger charge is -1.84. The molecular formula is C9H9N3O. The Morgan fingerprint density at radius 2 is 2.38 bits per heavy atom. The van der Waals surface area contributed by atoms with Crippen LogP contribution in [-0.4, -0.2) is 15.2 Å². The molecule has 1 aliphatic rings. The van der Waals surface area contributed by atoms with Gasteiger partial charge in [0.15, 0.2) is 5.76 Å². The van der Waals surface area contributed by atoms with Gasteiger partial charge in [0.1, 0.15) is 5.82 Å². The molecule has 0 saturated heterocycles. The van der Waals surface area contributed by atoms with Crippen LogP contribution in [0.1, 0.15) is 24.6 Å². The molecule has 4 heteroatoms. The highest BCUT2D eigenvalue weighted by atomic mass is 16.3. The van der Waals surface area contributed by atoms with E-state index in [2.05, 4.69) is 15.2 Å². The van der Waals surface area contributed by atoms with Crippen LogP contribution in [0.2, 0.25) is 0 Å². The number of H-pyrrole nitrogens is 1. The molecule has 2 heterocycles. The van der Waals surface area contributed by atoms with E-state index in [1.54, 1.807) is 6.26 Å². The standard InChI is InChI=1S/C9H9N3O/c1-2-7(13-5-1)9-10-8(11-12-9)6-3-4-6/h1-2,5-6H,3-4H2,(H,10,11,12). The Morgan fingerprint density at radius 3 is 3.08 bits per heavy atom. The normalized spacial score (nSPS) is 16.3. The van der Waals surface area contributed by atoms with Crippen molar-refractivity contribution in [1.29, 1.82) is 0 Å². The third-order valence-electron chi connectivity index (χ3n) is 2.21. The van der Waals surface area contributed by atoms with Crippen LogP contribution in [0.4, 0.5) is 0 Å². The Balaban J connectivity index is 1.97. The Hall–Kier alpha value is -1.58. The quantitative estimate of drug-likeness (QED) is 0.758. The van der Waals surface area contributed by atoms with Crippen molar-refractivity contribution in [3.05, 3.63) is 24.2 Å². The van der Waals surface area contributed by atoms with Gasteiger partial charge in [-0.1, -0.05) is 0 Å². The van der Waals surface area contributed by atoms with E-state index in [1.807, 2.05) is 12.1 Å². The fraction of sp³-hybridized carbons (Fsp3) is 0.333. The Morgan fingerprint density at radius 1 is 1.46 bits per heavy atom. The second kappa shape index (κ2) is 2.45. The summed E-state index contributed by atoms with van der Waals surface area (Å²) in [7, 11) is 0. The molecule has 0 amide bonds. The maximum absolute atomic E-state index is 5.19. The van der Waals surface area contributed by atoms with Crippen LogP contribution in [0, 0.1) is 0 Å². The number of hydrogen-bond acceptors (Lipinski definition) is 3. The van der Waals surface area contributed by atoms with Gasteiger partial charge in [0.05, 0.1) is 6.26 Å². The number of aromatic amines is 1. The summed E-state index contributed by atoms with van der Waals surface area (Å²) in [5.41, 5.74) is 0. The molecular weight excluding hydrogens is 166 g/mol. The molecule has 0 unspecified atom stereocenters. The van der Waals surface area contributed by atoms with Crippen molar-refractivity contribution in [2.45, 2.75) is 18.8 Å². The Bertz CT molecular complexity index is 400. The summed E-state index contributed by atoms with van der Waals surface area (Å²) in [4.78, 5) is 4.35. The monoisotopic (exact) mass is 175 g/mol. The lowest BCUT2D eigenvalue weighted by atomic mass is 10.4. The molecule has 66 valence electrons. The average molecular weight is 175 g/mol. The van der Waals surface area contributed by atoms with E-state index in [0.717, 1.165) is 11.6 Å². The van der Waals surface area contributed by atoms with Crippen LogP contribution in [-0.2, 0) is 0 Å². The molecule has 3 rings (SSSR count). The van der Waals surface area contributed by atoms with E-state index in [0.29, 0.717) is 11.7 Å². The van der Waals surface area contributed by atoms with Crippen LogP contribution < -0.4 is 0 Å². The molecule has 0 radical (unpaired) electrons. The van der Waals surface area contributed by atoms with Crippen molar-refractivity contribution in [3.63, 3.8) is 0 Å². The topological polar surface area (TPSA) is 54.7 Å². The third kappa shape index (κ3) is 1.14. The summed E-state index contributed by atoms with van der Waals surface area (Å²) in [5, 5.41) is 7.02. The fourth-order valence-corrected chi connectivity index (χ4v) is 1.33. The molecule has 2 aromatic heterocycles. The molecule has 2 aromatic rings. The van der Waals surface area contributed by atoms with E-state index in [1.165, 1.54) is 12.8 Å². The first kappa shape index (κ1) is 6.88. The Labute approximate surface area is 75.0 Å². The molecule has 4 nitrogen and oxygen atoms in total. The molecule has 1 saturated carbocycles. The van der Waals surface area contributed by atoms with Gasteiger partial charge in [-0.2, -0.15) is 5.10 Å². The number of nitrogens with zero attached hydrogens (tertiary/aromatic N) is 2. The molecule has 0 bridgehead atoms. The first-order valence-corrected chi connectivity index (χ1v) is 4.39. The first-order valence-electron chi connectivity index (χ1n) is 4.39. The molecule has 0 aliphatic heterocycles. The zero-order valence-corrected chi connectivity index (χ0v) is 7.03. The summed E-state index contributed by atoms with van der Waals surface area (Å²) in [6.45, 7) is 0. The highest BCUT2D eigenvalue weighted by Crippen LogP contribution is 2.38. The second-order valence-corrected chi connectivity index (χ2v) is 3.30. The van der Waals surface area contributed by atoms with Gasteiger partial charge >= 0.3 is 0 Å². The van der Waals surface area contributed by atoms with Crippen LogP contribution in [0.15, 0.2) is 22.8 Å². The molecule has 0 atom stereocenters. The van der Waals surface area contributed by atoms with Crippen molar-refractivity contribution in [1.82, 2.24) is 15.2 Å². The number of rotatable bonds is 2. The van der Waals surface area contributed by atoms with Crippen molar-refractivity contribution in [3.8, 4) is 11.6 Å². The van der Waals surface area contributed by atoms with Crippen LogP contribution >= 0.6 is 0 Å². The maximum atomic E-state index is 5.19. The zero-order valence-electron chi connectivity index (χ0n) is 7.03. The van der Waals surface area contributed by atoms with Crippen LogP contribution in [0.5, 0.6) is 0 Å². The number of aromatic nitrogens is 3. The average Bonchev–Trinajstić information content (AvgIpc) is 2.72. The smallest absolute Gasteiger partial charge is 0.216 e. The van der Waals surface area contributed by atoms with Gasteiger partial charge in [-0.15, -0.1) is 0 Å². The van der Waals surface area contributed by atoms with Crippen molar-refractivity contribution in [2.75, 3.05) is 0 Å². The van der Waals surface area contributed by atoms with Gasteiger partial charge < -0.3 is 4.42 Å². The molecule has 1 fully saturated rings. The predicted molar refractivity (Wildman–Crippen MR) is 46.1 cm³/mol. The van der Waals surface area contributed by atoms with E-state index < -0.39 is 0 Å². The molecule has 1 aliphatic carbocycles. The maximum Gasteiger partial charge on any atom is 0.216 e. The molecule has 13 heavy (non-hydrogen) atoms. The highest BCUT2D eigenvalue weighted by Gasteiger charge is 2.27. The van der Waals surface area contributed by atoms with Crippen molar-refractivity contribution < 1.29 is 4.42 Å². The summed E-state index contributed by atoms with van der Waals surface area (Å²) in [6.07, 6.45) is 4.09. The molecule has 0 aromatic carbocycles. The number of nitrogens with one attached hydrogen (secondary N) is 1. The van der Waals surface area contributed by atoms with Crippen LogP contribution in [0.3, 0.4) is 0 Å². The van der Waals surface area contributed by atoms with Gasteiger partial charge in [-0.25, -0.2) is 4.98 Å². The minimum atomic E-state index is 0.608. The van der Waals surface area contributed by atoms with E-state index in [4.69, 9.17) is 4.42 Å². The van der Waals surface area contributed by atoms with E-state index in [-0.39, 0.29) is 0 Å². The summed E-state index contributed by atoms with van der Waals surface area (Å²) in [5.74, 6) is 2.98. The Kier molecular flexibility index (Phi) is 1.30. The lowest BCUT2D eigenvalue weighted by molar-refractivity contribution is 0.577. The summed E-state index contributed by atoms with van der Waals surface area (Å²) in [6, 6.07) is 3.70. The second-order valence-electron chi connectivity index (χ2n) is 3.30. The molecule has 1 N–H and O–H groups in total. The number of furan rings is 1. The van der Waals surface area contributed by atoms with Gasteiger partial charge in [0, 0.05) is 5.92 Å². The van der Waals surface area contributed by atoms with Crippen molar-refractivity contribution >= 4 is 0 Å². The summed E-state index contributed by atoms with van der Waals surface area (Å²) < 4.78 is 5.19. The minimum Gasteiger partial charge on any atom is -0.461 e. The van der Waals surface area contributed by atoms with Gasteiger partial charge in [0.2, 0.25) is 5.82 Å². The minimum absolute atomic E-state index is 0.608. The SMILES string of the molecule is c1coc(-c2n[nH]c(C3CC3)n2)c1. The predicted octanol–water partition coefficient (Wildman–Crippen LogP) is 1.94. The van der Waals surface area contributed by atoms with Gasteiger partial charge in [0.25, 0.3) is 0 Å². The third-order valence-corrected chi connectivity index (χ3v) is 2.21. The summed E-state index contributed by atoms with van der Waals surface area (Å²) >= 11 is 0. The van der Waals surface area contributed by atoms with E-state index in [9.17, 15) is 0 Å². The zero-order chi connectivity index (χ0) is 8.67. The van der Waals surface area contributed by atoms with Crippen molar-refractivity contribution in [2.24, 2.45) is 0 Å². The van der Waals surface area contributed by atoms with Gasteiger partial charge in [-0.3, -0.25) is 5.10 Å². The largest absolute Gasteiger partial charge is 0.461 e. The lowest BCUT2D eigenvalue weighted by Crippen LogP contribution is -1.80. The number of hydrogen-bond donors (Lipinski definition) is 1. The van der Waals surface area contributed by atoms with Crippen LogP contribution in [0.25, 0.3) is 11.6 Å². The highest BCUT2D eigenvalue weighted by molar-refractivity contribution is 5.45. The van der Waals surface area contributed by atoms with Gasteiger partial charge in [-0.05, 0) is 25.0 Å². The molecule has 0 spiro atoms. The van der Waals surface area contributed by atoms with E-state index >= 15 is 0 Å². The first-order chi connectivity index (χ1) is 6.43. The fourth-order valence-electron chi connectivity index (χ4n) is 1.33.